The first kappa shape index (κ1) is 36.3. The van der Waals surface area contributed by atoms with Crippen LogP contribution in [-0.2, 0) is 5.41 Å². The molecule has 0 spiro atoms. The molecule has 3 atom stereocenters. The van der Waals surface area contributed by atoms with Gasteiger partial charge in [-0.05, 0) is 155 Å². The highest BCUT2D eigenvalue weighted by molar-refractivity contribution is 6.93. The Hall–Kier alpha value is -4.77. The van der Waals surface area contributed by atoms with Gasteiger partial charge in [0.1, 0.15) is 0 Å². The molecule has 0 heterocycles. The summed E-state index contributed by atoms with van der Waals surface area (Å²) >= 11 is 0. The molecule has 2 heteroatoms. The van der Waals surface area contributed by atoms with E-state index in [0.717, 1.165) is 11.8 Å². The van der Waals surface area contributed by atoms with Crippen molar-refractivity contribution in [3.63, 3.8) is 0 Å². The lowest BCUT2D eigenvalue weighted by Crippen LogP contribution is -2.54. The van der Waals surface area contributed by atoms with Crippen LogP contribution >= 0.6 is 0 Å². The quantitative estimate of drug-likeness (QED) is 0.116. The Kier molecular flexibility index (Phi) is 8.22. The first-order valence-electron chi connectivity index (χ1n) is 22.1. The van der Waals surface area contributed by atoms with Crippen molar-refractivity contribution in [2.45, 2.75) is 82.7 Å². The van der Waals surface area contributed by atoms with Crippen LogP contribution in [0.2, 0.25) is 39.3 Å². The van der Waals surface area contributed by atoms with Gasteiger partial charge in [-0.3, -0.25) is 0 Å². The van der Waals surface area contributed by atoms with Crippen molar-refractivity contribution in [3.8, 4) is 22.3 Å². The third kappa shape index (κ3) is 5.51. The summed E-state index contributed by atoms with van der Waals surface area (Å²) in [6, 6.07) is 57.1. The third-order valence-corrected chi connectivity index (χ3v) is 19.0. The lowest BCUT2D eigenvalue weighted by atomic mass is 9.42. The molecular weight excluding hydrogens is 729 g/mol. The molecule has 0 nitrogen and oxygen atoms in total. The van der Waals surface area contributed by atoms with Gasteiger partial charge >= 0.3 is 0 Å². The van der Waals surface area contributed by atoms with E-state index < -0.39 is 16.1 Å². The van der Waals surface area contributed by atoms with Gasteiger partial charge in [0.2, 0.25) is 0 Å². The fourth-order valence-corrected chi connectivity index (χ4v) is 17.5. The van der Waals surface area contributed by atoms with Crippen LogP contribution in [0.5, 0.6) is 0 Å². The average Bonchev–Trinajstić information content (AvgIpc) is 3.20. The molecule has 4 aliphatic rings. The zero-order valence-corrected chi connectivity index (χ0v) is 37.2. The average molecular weight is 785 g/mol. The Bertz CT molecular complexity index is 2920. The maximum atomic E-state index is 2.58. The molecule has 12 rings (SSSR count). The van der Waals surface area contributed by atoms with Crippen molar-refractivity contribution in [1.29, 1.82) is 0 Å². The highest BCUT2D eigenvalue weighted by atomic mass is 28.3. The molecule has 58 heavy (non-hydrogen) atoms. The van der Waals surface area contributed by atoms with Crippen LogP contribution in [-0.4, -0.2) is 16.1 Å². The van der Waals surface area contributed by atoms with Crippen molar-refractivity contribution in [3.05, 3.63) is 157 Å². The summed E-state index contributed by atoms with van der Waals surface area (Å²) in [4.78, 5) is 0. The zero-order chi connectivity index (χ0) is 39.6. The Morgan fingerprint density at radius 3 is 1.45 bits per heavy atom. The molecule has 0 saturated heterocycles. The molecule has 0 aromatic heterocycles. The van der Waals surface area contributed by atoms with E-state index in [1.165, 1.54) is 97.4 Å². The minimum Gasteiger partial charge on any atom is -0.0656 e. The van der Waals surface area contributed by atoms with Crippen molar-refractivity contribution >= 4 is 69.6 Å². The van der Waals surface area contributed by atoms with Crippen molar-refractivity contribution in [2.24, 2.45) is 17.8 Å². The van der Waals surface area contributed by atoms with Gasteiger partial charge in [0.15, 0.2) is 0 Å². The highest BCUT2D eigenvalue weighted by Crippen LogP contribution is 2.68. The van der Waals surface area contributed by atoms with Crippen LogP contribution in [0.25, 0.3) is 65.3 Å². The summed E-state index contributed by atoms with van der Waals surface area (Å²) in [5.74, 6) is 2.79. The minimum absolute atomic E-state index is 0.0820. The Balaban J connectivity index is 1.17. The standard InChI is InChI=1S/C56H56Si2/c1-57(2,3)54-43-21-9-7-17-38(43)32-40-19-15-26-47(51(40)54)45-23-11-12-25-49(45)53-42-30-36-29-37(31-42)35-56(53,34-36)50-28-14-13-24-46(50)48-27-16-20-41-33-39-18-8-10-22-44(39)55(52(41)48)58(4,5)6/h7-28,32-33,36-37,42,53H,29-31,34-35H2,1-6H3. The van der Waals surface area contributed by atoms with Gasteiger partial charge in [-0.25, -0.2) is 0 Å². The van der Waals surface area contributed by atoms with Gasteiger partial charge < -0.3 is 0 Å². The highest BCUT2D eigenvalue weighted by Gasteiger charge is 2.59. The molecule has 4 saturated carbocycles. The van der Waals surface area contributed by atoms with Gasteiger partial charge in [0.25, 0.3) is 0 Å². The molecule has 8 aromatic carbocycles. The second-order valence-electron chi connectivity index (χ2n) is 20.6. The van der Waals surface area contributed by atoms with E-state index >= 15 is 0 Å². The molecule has 0 amide bonds. The topological polar surface area (TPSA) is 0 Å². The molecule has 4 fully saturated rings. The molecule has 4 aliphatic carbocycles. The largest absolute Gasteiger partial charge is 0.0792 e. The summed E-state index contributed by atoms with van der Waals surface area (Å²) in [5, 5.41) is 14.6. The molecule has 3 unspecified atom stereocenters. The third-order valence-electron chi connectivity index (χ3n) is 14.9. The maximum Gasteiger partial charge on any atom is 0.0792 e. The van der Waals surface area contributed by atoms with Gasteiger partial charge in [-0.15, -0.1) is 0 Å². The van der Waals surface area contributed by atoms with Crippen LogP contribution in [0.1, 0.15) is 49.1 Å². The van der Waals surface area contributed by atoms with Crippen LogP contribution in [0.4, 0.5) is 0 Å². The number of hydrogen-bond acceptors (Lipinski definition) is 0. The lowest BCUT2D eigenvalue weighted by molar-refractivity contribution is -0.0276. The summed E-state index contributed by atoms with van der Waals surface area (Å²) in [7, 11) is -3.56. The molecule has 4 bridgehead atoms. The van der Waals surface area contributed by atoms with Crippen LogP contribution in [0, 0.1) is 17.8 Å². The van der Waals surface area contributed by atoms with Gasteiger partial charge in [-0.1, -0.05) is 173 Å². The summed E-state index contributed by atoms with van der Waals surface area (Å²) < 4.78 is 0. The molecule has 288 valence electrons. The van der Waals surface area contributed by atoms with Crippen LogP contribution in [0.3, 0.4) is 0 Å². The summed E-state index contributed by atoms with van der Waals surface area (Å²) in [6.07, 6.45) is 6.76. The summed E-state index contributed by atoms with van der Waals surface area (Å²) in [5.41, 5.74) is 9.12. The molecule has 0 N–H and O–H groups in total. The zero-order valence-electron chi connectivity index (χ0n) is 35.2. The van der Waals surface area contributed by atoms with E-state index in [-0.39, 0.29) is 5.41 Å². The fraction of sp³-hybridized carbons (Fsp3) is 0.286. The Morgan fingerprint density at radius 2 is 0.879 bits per heavy atom. The van der Waals surface area contributed by atoms with Gasteiger partial charge in [-0.2, -0.15) is 0 Å². The van der Waals surface area contributed by atoms with E-state index in [1.54, 1.807) is 21.5 Å². The first-order chi connectivity index (χ1) is 28.0. The van der Waals surface area contributed by atoms with Crippen LogP contribution in [0.15, 0.2) is 146 Å². The Labute approximate surface area is 347 Å². The SMILES string of the molecule is C[Si](C)(C)c1c2ccccc2cc2cccc(-c3ccccc3C3C4CC5CC(C4)CC3(c3ccccc3-c3cccc4cc6ccccc6c([Si](C)(C)C)c34)C5)c12. The predicted molar refractivity (Wildman–Crippen MR) is 258 cm³/mol. The second kappa shape index (κ2) is 13.1. The molecule has 0 radical (unpaired) electrons. The van der Waals surface area contributed by atoms with E-state index in [1.807, 2.05) is 0 Å². The van der Waals surface area contributed by atoms with Gasteiger partial charge in [0.05, 0.1) is 16.1 Å². The van der Waals surface area contributed by atoms with E-state index in [2.05, 4.69) is 185 Å². The number of hydrogen-bond donors (Lipinski definition) is 0. The van der Waals surface area contributed by atoms with Crippen molar-refractivity contribution in [2.75, 3.05) is 0 Å². The monoisotopic (exact) mass is 784 g/mol. The lowest BCUT2D eigenvalue weighted by Gasteiger charge is -2.62. The number of benzene rings is 8. The number of fused-ring (bicyclic) bond motifs is 4. The van der Waals surface area contributed by atoms with Crippen molar-refractivity contribution < 1.29 is 0 Å². The maximum absolute atomic E-state index is 2.58. The van der Waals surface area contributed by atoms with E-state index in [0.29, 0.717) is 11.8 Å². The minimum atomic E-state index is -1.78. The predicted octanol–water partition coefficient (Wildman–Crippen LogP) is 14.6. The normalized spacial score (nSPS) is 23.1. The fourth-order valence-electron chi connectivity index (χ4n) is 13.4. The molecule has 8 aromatic rings. The van der Waals surface area contributed by atoms with Crippen LogP contribution < -0.4 is 10.4 Å². The van der Waals surface area contributed by atoms with Crippen molar-refractivity contribution in [1.82, 2.24) is 0 Å². The van der Waals surface area contributed by atoms with E-state index in [9.17, 15) is 0 Å². The summed E-state index contributed by atoms with van der Waals surface area (Å²) in [6.45, 7) is 15.3. The molecule has 0 aliphatic heterocycles. The first-order valence-corrected chi connectivity index (χ1v) is 29.1. The smallest absolute Gasteiger partial charge is 0.0656 e. The molecular formula is C56H56Si2. The second-order valence-corrected chi connectivity index (χ2v) is 30.6. The van der Waals surface area contributed by atoms with E-state index in [4.69, 9.17) is 0 Å². The Morgan fingerprint density at radius 1 is 0.431 bits per heavy atom. The number of rotatable bonds is 6. The van der Waals surface area contributed by atoms with Gasteiger partial charge in [0, 0.05) is 5.41 Å².